The number of rotatable bonds is 5. The number of ether oxygens (including phenoxy) is 1. The molecule has 0 aliphatic rings. The van der Waals surface area contributed by atoms with Crippen molar-refractivity contribution in [2.24, 2.45) is 11.8 Å². The Hall–Kier alpha value is -1.01. The van der Waals surface area contributed by atoms with Crippen molar-refractivity contribution < 1.29 is 14.6 Å². The fourth-order valence-corrected chi connectivity index (χ4v) is 1.37. The Balaban J connectivity index is 4.31. The summed E-state index contributed by atoms with van der Waals surface area (Å²) >= 11 is 0. The van der Waals surface area contributed by atoms with Crippen molar-refractivity contribution >= 4 is 5.97 Å². The Labute approximate surface area is 91.8 Å². The molecular formula is C12H20O3. The third-order valence-electron chi connectivity index (χ3n) is 2.25. The highest BCUT2D eigenvalue weighted by Crippen LogP contribution is 2.18. The van der Waals surface area contributed by atoms with Crippen LogP contribution in [0.4, 0.5) is 0 Å². The molecule has 0 unspecified atom stereocenters. The summed E-state index contributed by atoms with van der Waals surface area (Å²) < 4.78 is 4.93. The van der Waals surface area contributed by atoms with Crippen LogP contribution in [-0.2, 0) is 9.53 Å². The quantitative estimate of drug-likeness (QED) is 0.556. The van der Waals surface area contributed by atoms with Crippen molar-refractivity contribution in [3.63, 3.8) is 0 Å². The first-order valence-electron chi connectivity index (χ1n) is 5.19. The molecule has 3 atom stereocenters. The smallest absolute Gasteiger partial charge is 0.303 e. The van der Waals surface area contributed by atoms with Gasteiger partial charge in [-0.3, -0.25) is 4.79 Å². The van der Waals surface area contributed by atoms with E-state index in [2.05, 4.69) is 5.92 Å². The zero-order chi connectivity index (χ0) is 12.0. The third kappa shape index (κ3) is 5.44. The Morgan fingerprint density at radius 3 is 2.33 bits per heavy atom. The van der Waals surface area contributed by atoms with Crippen LogP contribution in [0.15, 0.2) is 0 Å². The zero-order valence-corrected chi connectivity index (χ0v) is 9.86. The maximum absolute atomic E-state index is 10.8. The van der Waals surface area contributed by atoms with Crippen molar-refractivity contribution in [2.45, 2.75) is 46.3 Å². The molecule has 0 amide bonds. The Morgan fingerprint density at radius 1 is 1.47 bits per heavy atom. The van der Waals surface area contributed by atoms with Gasteiger partial charge in [-0.15, -0.1) is 6.42 Å². The summed E-state index contributed by atoms with van der Waals surface area (Å²) in [6.45, 7) is 7.14. The zero-order valence-electron chi connectivity index (χ0n) is 9.86. The minimum Gasteiger partial charge on any atom is -0.449 e. The largest absolute Gasteiger partial charge is 0.449 e. The molecule has 0 aromatic rings. The van der Waals surface area contributed by atoms with E-state index in [0.717, 1.165) is 0 Å². The summed E-state index contributed by atoms with van der Waals surface area (Å²) in [4.78, 5) is 10.8. The molecule has 0 fully saturated rings. The SMILES string of the molecule is C#C[C@@H](OC(C)=O)[C@H](C)[C@H](O)CC(C)C. The van der Waals surface area contributed by atoms with E-state index in [-0.39, 0.29) is 5.92 Å². The molecule has 0 aromatic heterocycles. The first-order chi connectivity index (χ1) is 6.88. The molecule has 3 nitrogen and oxygen atoms in total. The van der Waals surface area contributed by atoms with Gasteiger partial charge in [0.05, 0.1) is 6.10 Å². The van der Waals surface area contributed by atoms with E-state index in [1.807, 2.05) is 13.8 Å². The molecule has 0 saturated heterocycles. The van der Waals surface area contributed by atoms with Crippen molar-refractivity contribution in [1.82, 2.24) is 0 Å². The molecular weight excluding hydrogens is 192 g/mol. The van der Waals surface area contributed by atoms with Crippen LogP contribution in [0.2, 0.25) is 0 Å². The Bertz CT molecular complexity index is 240. The van der Waals surface area contributed by atoms with Crippen LogP contribution in [0, 0.1) is 24.2 Å². The lowest BCUT2D eigenvalue weighted by Gasteiger charge is -2.24. The van der Waals surface area contributed by atoms with Gasteiger partial charge >= 0.3 is 5.97 Å². The maximum atomic E-state index is 10.8. The second-order valence-corrected chi connectivity index (χ2v) is 4.25. The highest BCUT2D eigenvalue weighted by molar-refractivity contribution is 5.66. The molecule has 0 heterocycles. The van der Waals surface area contributed by atoms with E-state index in [1.54, 1.807) is 6.92 Å². The molecule has 0 aromatic carbocycles. The van der Waals surface area contributed by atoms with E-state index < -0.39 is 18.2 Å². The third-order valence-corrected chi connectivity index (χ3v) is 2.25. The van der Waals surface area contributed by atoms with E-state index >= 15 is 0 Å². The lowest BCUT2D eigenvalue weighted by molar-refractivity contribution is -0.147. The normalized spacial score (nSPS) is 16.6. The molecule has 0 saturated carbocycles. The maximum Gasteiger partial charge on any atom is 0.303 e. The van der Waals surface area contributed by atoms with Gasteiger partial charge in [0.1, 0.15) is 0 Å². The lowest BCUT2D eigenvalue weighted by atomic mass is 9.92. The fraction of sp³-hybridized carbons (Fsp3) is 0.750. The summed E-state index contributed by atoms with van der Waals surface area (Å²) in [7, 11) is 0. The summed E-state index contributed by atoms with van der Waals surface area (Å²) in [6, 6.07) is 0. The van der Waals surface area contributed by atoms with E-state index in [0.29, 0.717) is 12.3 Å². The average molecular weight is 212 g/mol. The van der Waals surface area contributed by atoms with Gasteiger partial charge in [-0.05, 0) is 12.3 Å². The fourth-order valence-electron chi connectivity index (χ4n) is 1.37. The van der Waals surface area contributed by atoms with Crippen LogP contribution in [0.3, 0.4) is 0 Å². The van der Waals surface area contributed by atoms with Crippen LogP contribution in [0.1, 0.15) is 34.1 Å². The first-order valence-corrected chi connectivity index (χ1v) is 5.19. The topological polar surface area (TPSA) is 46.5 Å². The number of hydrogen-bond donors (Lipinski definition) is 1. The van der Waals surface area contributed by atoms with Gasteiger partial charge in [0.2, 0.25) is 0 Å². The van der Waals surface area contributed by atoms with Gasteiger partial charge in [0.25, 0.3) is 0 Å². The standard InChI is InChI=1S/C12H20O3/c1-6-12(15-10(5)13)9(4)11(14)7-8(2)3/h1,8-9,11-12,14H,7H2,2-5H3/t9-,11-,12-/m1/s1. The van der Waals surface area contributed by atoms with Crippen molar-refractivity contribution in [1.29, 1.82) is 0 Å². The first kappa shape index (κ1) is 14.0. The molecule has 86 valence electrons. The number of carbonyl (C=O) groups is 1. The minimum absolute atomic E-state index is 0.235. The van der Waals surface area contributed by atoms with Gasteiger partial charge in [-0.25, -0.2) is 0 Å². The summed E-state index contributed by atoms with van der Waals surface area (Å²) in [5.74, 6) is 2.12. The molecule has 0 rings (SSSR count). The molecule has 3 heteroatoms. The number of hydrogen-bond acceptors (Lipinski definition) is 3. The molecule has 0 bridgehead atoms. The number of terminal acetylenes is 1. The van der Waals surface area contributed by atoms with Gasteiger partial charge in [0.15, 0.2) is 6.10 Å². The summed E-state index contributed by atoms with van der Waals surface area (Å²) in [6.07, 6.45) is 4.73. The predicted octanol–water partition coefficient (Wildman–Crippen LogP) is 1.59. The van der Waals surface area contributed by atoms with Gasteiger partial charge < -0.3 is 9.84 Å². The van der Waals surface area contributed by atoms with Crippen LogP contribution in [-0.4, -0.2) is 23.3 Å². The highest BCUT2D eigenvalue weighted by atomic mass is 16.5. The van der Waals surface area contributed by atoms with E-state index in [9.17, 15) is 9.90 Å². The number of aliphatic hydroxyl groups excluding tert-OH is 1. The highest BCUT2D eigenvalue weighted by Gasteiger charge is 2.25. The van der Waals surface area contributed by atoms with Gasteiger partial charge in [-0.2, -0.15) is 0 Å². The van der Waals surface area contributed by atoms with Crippen LogP contribution in [0.25, 0.3) is 0 Å². The van der Waals surface area contributed by atoms with Gasteiger partial charge in [0, 0.05) is 12.8 Å². The Kier molecular flexibility index (Phi) is 6.03. The molecule has 0 aliphatic carbocycles. The van der Waals surface area contributed by atoms with Crippen molar-refractivity contribution in [3.8, 4) is 12.3 Å². The van der Waals surface area contributed by atoms with Crippen LogP contribution >= 0.6 is 0 Å². The number of aliphatic hydroxyl groups is 1. The molecule has 0 aliphatic heterocycles. The minimum atomic E-state index is -0.642. The summed E-state index contributed by atoms with van der Waals surface area (Å²) in [5, 5.41) is 9.82. The lowest BCUT2D eigenvalue weighted by Crippen LogP contribution is -2.32. The molecule has 0 spiro atoms. The number of esters is 1. The van der Waals surface area contributed by atoms with E-state index in [1.165, 1.54) is 6.92 Å². The number of carbonyl (C=O) groups excluding carboxylic acids is 1. The van der Waals surface area contributed by atoms with Crippen LogP contribution in [0.5, 0.6) is 0 Å². The molecule has 0 radical (unpaired) electrons. The van der Waals surface area contributed by atoms with Gasteiger partial charge in [-0.1, -0.05) is 26.7 Å². The van der Waals surface area contributed by atoms with Crippen molar-refractivity contribution in [2.75, 3.05) is 0 Å². The second kappa shape index (κ2) is 6.47. The Morgan fingerprint density at radius 2 is 2.00 bits per heavy atom. The summed E-state index contributed by atoms with van der Waals surface area (Å²) in [5.41, 5.74) is 0. The molecule has 1 N–H and O–H groups in total. The van der Waals surface area contributed by atoms with Crippen LogP contribution < -0.4 is 0 Å². The van der Waals surface area contributed by atoms with E-state index in [4.69, 9.17) is 11.2 Å². The predicted molar refractivity (Wildman–Crippen MR) is 59.0 cm³/mol. The molecule has 15 heavy (non-hydrogen) atoms. The average Bonchev–Trinajstić information content (AvgIpc) is 2.11. The van der Waals surface area contributed by atoms with Crippen molar-refractivity contribution in [3.05, 3.63) is 0 Å². The monoisotopic (exact) mass is 212 g/mol. The second-order valence-electron chi connectivity index (χ2n) is 4.25.